The van der Waals surface area contributed by atoms with Crippen LogP contribution in [0.1, 0.15) is 5.56 Å². The lowest BCUT2D eigenvalue weighted by atomic mass is 10.2. The Hall–Kier alpha value is -3.48. The Bertz CT molecular complexity index is 870. The first-order chi connectivity index (χ1) is 12.1. The van der Waals surface area contributed by atoms with E-state index in [-0.39, 0.29) is 11.4 Å². The molecule has 1 aromatic heterocycles. The van der Waals surface area contributed by atoms with E-state index in [0.717, 1.165) is 5.56 Å². The summed E-state index contributed by atoms with van der Waals surface area (Å²) in [5, 5.41) is 13.7. The molecule has 0 saturated heterocycles. The van der Waals surface area contributed by atoms with E-state index < -0.39 is 10.7 Å². The van der Waals surface area contributed by atoms with E-state index in [9.17, 15) is 14.5 Å². The van der Waals surface area contributed by atoms with E-state index in [1.165, 1.54) is 24.4 Å². The van der Waals surface area contributed by atoms with Crippen molar-refractivity contribution in [1.82, 2.24) is 4.98 Å². The largest absolute Gasteiger partial charge is 0.453 e. The van der Waals surface area contributed by atoms with E-state index in [0.29, 0.717) is 18.0 Å². The summed E-state index contributed by atoms with van der Waals surface area (Å²) in [6.45, 7) is 0.377. The number of hydrogen-bond acceptors (Lipinski definition) is 5. The first kappa shape index (κ1) is 16.4. The third-order valence-corrected chi connectivity index (χ3v) is 3.43. The highest BCUT2D eigenvalue weighted by atomic mass is 19.1. The van der Waals surface area contributed by atoms with Gasteiger partial charge in [0.25, 0.3) is 5.69 Å². The predicted molar refractivity (Wildman–Crippen MR) is 91.1 cm³/mol. The summed E-state index contributed by atoms with van der Waals surface area (Å²) >= 11 is 0. The molecule has 0 aliphatic rings. The first-order valence-electron chi connectivity index (χ1n) is 7.46. The summed E-state index contributed by atoms with van der Waals surface area (Å²) in [7, 11) is 0. The average Bonchev–Trinajstić information content (AvgIpc) is 2.63. The number of benzene rings is 2. The summed E-state index contributed by atoms with van der Waals surface area (Å²) in [6.07, 6.45) is 3.11. The predicted octanol–water partition coefficient (Wildman–Crippen LogP) is 4.53. The lowest BCUT2D eigenvalue weighted by Crippen LogP contribution is -2.00. The van der Waals surface area contributed by atoms with E-state index >= 15 is 0 Å². The van der Waals surface area contributed by atoms with Gasteiger partial charge in [-0.25, -0.2) is 4.39 Å². The molecule has 0 amide bonds. The molecule has 6 nitrogen and oxygen atoms in total. The Balaban J connectivity index is 1.63. The number of hydrogen-bond donors (Lipinski definition) is 1. The summed E-state index contributed by atoms with van der Waals surface area (Å²) in [4.78, 5) is 14.1. The quantitative estimate of drug-likeness (QED) is 0.527. The second-order valence-corrected chi connectivity index (χ2v) is 5.21. The van der Waals surface area contributed by atoms with E-state index in [4.69, 9.17) is 4.74 Å². The van der Waals surface area contributed by atoms with Crippen LogP contribution < -0.4 is 10.1 Å². The normalized spacial score (nSPS) is 10.3. The van der Waals surface area contributed by atoms with Gasteiger partial charge in [0.15, 0.2) is 11.6 Å². The van der Waals surface area contributed by atoms with Crippen molar-refractivity contribution in [1.29, 1.82) is 0 Å². The Morgan fingerprint density at radius 1 is 1.16 bits per heavy atom. The molecule has 0 aliphatic carbocycles. The van der Waals surface area contributed by atoms with Crippen LogP contribution in [0, 0.1) is 15.9 Å². The van der Waals surface area contributed by atoms with Crippen LogP contribution in [-0.4, -0.2) is 9.91 Å². The van der Waals surface area contributed by atoms with Crippen LogP contribution in [0.5, 0.6) is 11.5 Å². The number of ether oxygens (including phenoxy) is 1. The molecule has 7 heteroatoms. The van der Waals surface area contributed by atoms with Crippen molar-refractivity contribution in [3.63, 3.8) is 0 Å². The molecule has 0 unspecified atom stereocenters. The summed E-state index contributed by atoms with van der Waals surface area (Å²) in [6, 6.07) is 14.1. The molecule has 0 spiro atoms. The number of nitro benzene ring substituents is 1. The van der Waals surface area contributed by atoms with Crippen molar-refractivity contribution in [2.45, 2.75) is 6.54 Å². The summed E-state index contributed by atoms with van der Waals surface area (Å²) in [5.74, 6) is 0.0945. The van der Waals surface area contributed by atoms with Crippen molar-refractivity contribution < 1.29 is 14.1 Å². The molecule has 0 fully saturated rings. The fourth-order valence-electron chi connectivity index (χ4n) is 2.18. The molecule has 1 N–H and O–H groups in total. The molecule has 25 heavy (non-hydrogen) atoms. The Morgan fingerprint density at radius 3 is 2.60 bits per heavy atom. The number of aromatic nitrogens is 1. The van der Waals surface area contributed by atoms with E-state index in [1.807, 2.05) is 0 Å². The monoisotopic (exact) mass is 339 g/mol. The van der Waals surface area contributed by atoms with Gasteiger partial charge in [-0.05, 0) is 42.0 Å². The maximum Gasteiger partial charge on any atom is 0.269 e. The van der Waals surface area contributed by atoms with Crippen LogP contribution >= 0.6 is 0 Å². The molecule has 0 radical (unpaired) electrons. The third kappa shape index (κ3) is 4.29. The number of halogens is 1. The molecule has 3 rings (SSSR count). The lowest BCUT2D eigenvalue weighted by molar-refractivity contribution is -0.384. The molecular formula is C18H14FN3O3. The maximum atomic E-state index is 14.2. The molecule has 1 heterocycles. The second kappa shape index (κ2) is 7.39. The topological polar surface area (TPSA) is 77.3 Å². The van der Waals surface area contributed by atoms with Crippen LogP contribution in [0.4, 0.5) is 15.8 Å². The highest BCUT2D eigenvalue weighted by Gasteiger charge is 2.07. The SMILES string of the molecule is O=[N+]([O-])c1ccc(NCc2ccc(Oc3cccnc3)c(F)c2)cc1. The number of nitro groups is 1. The zero-order valence-electron chi connectivity index (χ0n) is 13.1. The minimum atomic E-state index is -0.480. The number of nitrogens with one attached hydrogen (secondary N) is 1. The van der Waals surface area contributed by atoms with Crippen LogP contribution in [0.15, 0.2) is 67.0 Å². The van der Waals surface area contributed by atoms with Gasteiger partial charge in [-0.15, -0.1) is 0 Å². The minimum absolute atomic E-state index is 0.0218. The zero-order valence-corrected chi connectivity index (χ0v) is 13.1. The smallest absolute Gasteiger partial charge is 0.269 e. The van der Waals surface area contributed by atoms with Gasteiger partial charge in [0, 0.05) is 30.6 Å². The van der Waals surface area contributed by atoms with Crippen molar-refractivity contribution in [2.24, 2.45) is 0 Å². The molecule has 0 atom stereocenters. The molecule has 2 aromatic carbocycles. The number of pyridine rings is 1. The third-order valence-electron chi connectivity index (χ3n) is 3.43. The molecule has 0 aliphatic heterocycles. The summed E-state index contributed by atoms with van der Waals surface area (Å²) in [5.41, 5.74) is 1.45. The number of rotatable bonds is 6. The molecule has 126 valence electrons. The van der Waals surface area contributed by atoms with Gasteiger partial charge in [-0.2, -0.15) is 0 Å². The molecule has 3 aromatic rings. The molecular weight excluding hydrogens is 325 g/mol. The maximum absolute atomic E-state index is 14.2. The van der Waals surface area contributed by atoms with Crippen molar-refractivity contribution in [3.8, 4) is 11.5 Å². The van der Waals surface area contributed by atoms with Gasteiger partial charge in [0.1, 0.15) is 5.75 Å². The average molecular weight is 339 g/mol. The lowest BCUT2D eigenvalue weighted by Gasteiger charge is -2.09. The zero-order chi connectivity index (χ0) is 17.6. The highest BCUT2D eigenvalue weighted by molar-refractivity contribution is 5.49. The number of nitrogens with zero attached hydrogens (tertiary/aromatic N) is 2. The second-order valence-electron chi connectivity index (χ2n) is 5.21. The minimum Gasteiger partial charge on any atom is -0.453 e. The van der Waals surface area contributed by atoms with Crippen molar-refractivity contribution in [2.75, 3.05) is 5.32 Å². The van der Waals surface area contributed by atoms with Crippen LogP contribution in [-0.2, 0) is 6.54 Å². The van der Waals surface area contributed by atoms with E-state index in [2.05, 4.69) is 10.3 Å². The van der Waals surface area contributed by atoms with Gasteiger partial charge >= 0.3 is 0 Å². The van der Waals surface area contributed by atoms with Gasteiger partial charge in [-0.3, -0.25) is 15.1 Å². The molecule has 0 bridgehead atoms. The van der Waals surface area contributed by atoms with Crippen molar-refractivity contribution >= 4 is 11.4 Å². The Morgan fingerprint density at radius 2 is 1.96 bits per heavy atom. The number of anilines is 1. The van der Waals surface area contributed by atoms with Gasteiger partial charge in [-0.1, -0.05) is 6.07 Å². The standard InChI is InChI=1S/C18H14FN3O3/c19-17-10-13(3-8-18(17)25-16-2-1-9-20-12-16)11-21-14-4-6-15(7-5-14)22(23)24/h1-10,12,21H,11H2. The fraction of sp³-hybridized carbons (Fsp3) is 0.0556. The van der Waals surface area contributed by atoms with Gasteiger partial charge in [0.2, 0.25) is 0 Å². The van der Waals surface area contributed by atoms with Crippen LogP contribution in [0.3, 0.4) is 0 Å². The Labute approximate surface area is 143 Å². The van der Waals surface area contributed by atoms with Crippen LogP contribution in [0.2, 0.25) is 0 Å². The molecule has 0 saturated carbocycles. The Kier molecular flexibility index (Phi) is 4.84. The van der Waals surface area contributed by atoms with Gasteiger partial charge in [0.05, 0.1) is 11.1 Å². The van der Waals surface area contributed by atoms with E-state index in [1.54, 1.807) is 42.6 Å². The fourth-order valence-corrected chi connectivity index (χ4v) is 2.18. The van der Waals surface area contributed by atoms with Crippen molar-refractivity contribution in [3.05, 3.63) is 88.5 Å². The highest BCUT2D eigenvalue weighted by Crippen LogP contribution is 2.25. The van der Waals surface area contributed by atoms with Crippen LogP contribution in [0.25, 0.3) is 0 Å². The first-order valence-corrected chi connectivity index (χ1v) is 7.46. The number of non-ortho nitro benzene ring substituents is 1. The summed E-state index contributed by atoms with van der Waals surface area (Å²) < 4.78 is 19.6. The van der Waals surface area contributed by atoms with Gasteiger partial charge < -0.3 is 10.1 Å².